The normalized spacial score (nSPS) is 16.7. The number of likely N-dealkylation sites (tertiary alicyclic amines) is 1. The molecule has 30 heavy (non-hydrogen) atoms. The zero-order valence-corrected chi connectivity index (χ0v) is 18.6. The maximum absolute atomic E-state index is 13.0. The molecule has 7 nitrogen and oxygen atoms in total. The van der Waals surface area contributed by atoms with Crippen molar-refractivity contribution in [2.75, 3.05) is 40.3 Å². The Morgan fingerprint density at radius 3 is 2.57 bits per heavy atom. The summed E-state index contributed by atoms with van der Waals surface area (Å²) in [4.78, 5) is 29.2. The SMILES string of the molecule is Cc1cc(C)c(-c2cc(C(=O)N3CCC[C@H](C(=O)NCCN(C)C)C3)no2)c(C)c1. The molecule has 7 heteroatoms. The van der Waals surface area contributed by atoms with E-state index < -0.39 is 0 Å². The van der Waals surface area contributed by atoms with Crippen LogP contribution in [-0.2, 0) is 4.79 Å². The summed E-state index contributed by atoms with van der Waals surface area (Å²) in [7, 11) is 3.94. The van der Waals surface area contributed by atoms with Gasteiger partial charge in [-0.25, -0.2) is 0 Å². The van der Waals surface area contributed by atoms with Gasteiger partial charge in [-0.15, -0.1) is 0 Å². The summed E-state index contributed by atoms with van der Waals surface area (Å²) in [6.07, 6.45) is 1.60. The van der Waals surface area contributed by atoms with E-state index >= 15 is 0 Å². The molecule has 2 heterocycles. The van der Waals surface area contributed by atoms with Crippen LogP contribution in [0.25, 0.3) is 11.3 Å². The summed E-state index contributed by atoms with van der Waals surface area (Å²) in [6, 6.07) is 5.90. The van der Waals surface area contributed by atoms with Gasteiger partial charge in [-0.3, -0.25) is 9.59 Å². The van der Waals surface area contributed by atoms with Crippen LogP contribution in [0.2, 0.25) is 0 Å². The smallest absolute Gasteiger partial charge is 0.276 e. The van der Waals surface area contributed by atoms with Crippen molar-refractivity contribution in [3.8, 4) is 11.3 Å². The van der Waals surface area contributed by atoms with Crippen molar-refractivity contribution >= 4 is 11.8 Å². The number of likely N-dealkylation sites (N-methyl/N-ethyl adjacent to an activating group) is 1. The zero-order valence-electron chi connectivity index (χ0n) is 18.6. The van der Waals surface area contributed by atoms with Gasteiger partial charge in [0.25, 0.3) is 5.91 Å². The fourth-order valence-corrected chi connectivity index (χ4v) is 4.15. The average Bonchev–Trinajstić information content (AvgIpc) is 3.16. The van der Waals surface area contributed by atoms with Gasteiger partial charge in [0, 0.05) is 37.8 Å². The van der Waals surface area contributed by atoms with Crippen molar-refractivity contribution in [1.29, 1.82) is 0 Å². The standard InChI is InChI=1S/C23H32N4O3/c1-15-11-16(2)21(17(3)12-15)20-13-19(25-30-20)23(29)27-9-6-7-18(14-27)22(28)24-8-10-26(4)5/h11-13,18H,6-10,14H2,1-5H3,(H,24,28)/t18-/m0/s1. The largest absolute Gasteiger partial charge is 0.355 e. The first-order valence-electron chi connectivity index (χ1n) is 10.5. The van der Waals surface area contributed by atoms with E-state index in [4.69, 9.17) is 4.52 Å². The van der Waals surface area contributed by atoms with Crippen LogP contribution >= 0.6 is 0 Å². The summed E-state index contributed by atoms with van der Waals surface area (Å²) in [6.45, 7) is 8.57. The minimum Gasteiger partial charge on any atom is -0.355 e. The van der Waals surface area contributed by atoms with Crippen molar-refractivity contribution in [2.45, 2.75) is 33.6 Å². The van der Waals surface area contributed by atoms with E-state index in [9.17, 15) is 9.59 Å². The predicted molar refractivity (Wildman–Crippen MR) is 116 cm³/mol. The first-order valence-corrected chi connectivity index (χ1v) is 10.5. The molecule has 162 valence electrons. The fraction of sp³-hybridized carbons (Fsp3) is 0.522. The van der Waals surface area contributed by atoms with Gasteiger partial charge in [-0.05, 0) is 58.8 Å². The third-order valence-electron chi connectivity index (χ3n) is 5.59. The molecule has 1 aliphatic rings. The van der Waals surface area contributed by atoms with Gasteiger partial charge in [0.2, 0.25) is 5.91 Å². The molecule has 0 bridgehead atoms. The third-order valence-corrected chi connectivity index (χ3v) is 5.59. The maximum atomic E-state index is 13.0. The number of amides is 2. The van der Waals surface area contributed by atoms with E-state index in [2.05, 4.69) is 29.5 Å². The summed E-state index contributed by atoms with van der Waals surface area (Å²) in [5.41, 5.74) is 4.64. The van der Waals surface area contributed by atoms with Crippen LogP contribution < -0.4 is 5.32 Å². The molecule has 1 N–H and O–H groups in total. The molecule has 1 fully saturated rings. The number of aryl methyl sites for hydroxylation is 3. The van der Waals surface area contributed by atoms with Crippen molar-refractivity contribution in [1.82, 2.24) is 20.3 Å². The van der Waals surface area contributed by atoms with Gasteiger partial charge in [-0.2, -0.15) is 0 Å². The first kappa shape index (κ1) is 22.0. The lowest BCUT2D eigenvalue weighted by molar-refractivity contribution is -0.126. The van der Waals surface area contributed by atoms with Crippen LogP contribution in [0.3, 0.4) is 0 Å². The molecular weight excluding hydrogens is 380 g/mol. The van der Waals surface area contributed by atoms with Crippen LogP contribution in [-0.4, -0.2) is 67.0 Å². The Hall–Kier alpha value is -2.67. The highest BCUT2D eigenvalue weighted by Crippen LogP contribution is 2.29. The Morgan fingerprint density at radius 1 is 1.20 bits per heavy atom. The number of rotatable bonds is 6. The number of nitrogens with zero attached hydrogens (tertiary/aromatic N) is 3. The lowest BCUT2D eigenvalue weighted by Gasteiger charge is -2.31. The molecule has 0 saturated carbocycles. The Kier molecular flexibility index (Phi) is 6.92. The monoisotopic (exact) mass is 412 g/mol. The van der Waals surface area contributed by atoms with Crippen molar-refractivity contribution in [3.63, 3.8) is 0 Å². The van der Waals surface area contributed by atoms with Gasteiger partial charge in [0.15, 0.2) is 11.5 Å². The number of hydrogen-bond donors (Lipinski definition) is 1. The van der Waals surface area contributed by atoms with E-state index in [1.54, 1.807) is 11.0 Å². The van der Waals surface area contributed by atoms with E-state index in [0.717, 1.165) is 36.1 Å². The van der Waals surface area contributed by atoms with E-state index in [-0.39, 0.29) is 23.4 Å². The Balaban J connectivity index is 1.68. The molecule has 1 saturated heterocycles. The lowest BCUT2D eigenvalue weighted by Crippen LogP contribution is -2.46. The highest BCUT2D eigenvalue weighted by molar-refractivity contribution is 5.94. The second-order valence-electron chi connectivity index (χ2n) is 8.53. The van der Waals surface area contributed by atoms with E-state index in [1.165, 1.54) is 5.56 Å². The van der Waals surface area contributed by atoms with Crippen LogP contribution in [0.15, 0.2) is 22.7 Å². The van der Waals surface area contributed by atoms with Gasteiger partial charge in [0.05, 0.1) is 5.92 Å². The lowest BCUT2D eigenvalue weighted by atomic mass is 9.96. The number of piperidine rings is 1. The molecular formula is C23H32N4O3. The van der Waals surface area contributed by atoms with Gasteiger partial charge in [-0.1, -0.05) is 22.9 Å². The van der Waals surface area contributed by atoms with Crippen molar-refractivity contribution in [3.05, 3.63) is 40.6 Å². The molecule has 2 amide bonds. The molecule has 3 rings (SSSR count). The first-order chi connectivity index (χ1) is 14.3. The topological polar surface area (TPSA) is 78.7 Å². The number of hydrogen-bond acceptors (Lipinski definition) is 5. The zero-order chi connectivity index (χ0) is 21.8. The molecule has 1 aromatic heterocycles. The Morgan fingerprint density at radius 2 is 1.90 bits per heavy atom. The molecule has 1 atom stereocenters. The molecule has 0 unspecified atom stereocenters. The number of carbonyl (C=O) groups is 2. The summed E-state index contributed by atoms with van der Waals surface area (Å²) in [5.74, 6) is 0.250. The van der Waals surface area contributed by atoms with E-state index in [0.29, 0.717) is 25.4 Å². The van der Waals surface area contributed by atoms with Crippen LogP contribution in [0.4, 0.5) is 0 Å². The molecule has 0 aliphatic carbocycles. The van der Waals surface area contributed by atoms with Crippen LogP contribution in [0.5, 0.6) is 0 Å². The molecule has 1 aliphatic heterocycles. The van der Waals surface area contributed by atoms with Crippen LogP contribution in [0.1, 0.15) is 40.0 Å². The second kappa shape index (κ2) is 9.43. The Labute approximate surface area is 178 Å². The quantitative estimate of drug-likeness (QED) is 0.789. The summed E-state index contributed by atoms with van der Waals surface area (Å²) in [5, 5.41) is 7.01. The molecule has 2 aromatic rings. The third kappa shape index (κ3) is 5.08. The highest BCUT2D eigenvalue weighted by Gasteiger charge is 2.30. The summed E-state index contributed by atoms with van der Waals surface area (Å²) < 4.78 is 5.53. The van der Waals surface area contributed by atoms with Gasteiger partial charge >= 0.3 is 0 Å². The number of benzene rings is 1. The minimum atomic E-state index is -0.183. The molecule has 1 aromatic carbocycles. The number of nitrogens with one attached hydrogen (secondary N) is 1. The fourth-order valence-electron chi connectivity index (χ4n) is 4.15. The molecule has 0 spiro atoms. The number of carbonyl (C=O) groups excluding carboxylic acids is 2. The highest BCUT2D eigenvalue weighted by atomic mass is 16.5. The van der Waals surface area contributed by atoms with Gasteiger partial charge < -0.3 is 19.6 Å². The predicted octanol–water partition coefficient (Wildman–Crippen LogP) is 2.80. The second-order valence-corrected chi connectivity index (χ2v) is 8.53. The Bertz CT molecular complexity index is 896. The van der Waals surface area contributed by atoms with Gasteiger partial charge in [0.1, 0.15) is 0 Å². The van der Waals surface area contributed by atoms with Crippen molar-refractivity contribution < 1.29 is 14.1 Å². The van der Waals surface area contributed by atoms with Crippen molar-refractivity contribution in [2.24, 2.45) is 5.92 Å². The van der Waals surface area contributed by atoms with E-state index in [1.807, 2.05) is 32.8 Å². The number of aromatic nitrogens is 1. The van der Waals surface area contributed by atoms with Crippen LogP contribution in [0, 0.1) is 26.7 Å². The molecule has 0 radical (unpaired) electrons. The minimum absolute atomic E-state index is 0.0149. The maximum Gasteiger partial charge on any atom is 0.276 e. The summed E-state index contributed by atoms with van der Waals surface area (Å²) >= 11 is 0. The average molecular weight is 413 g/mol.